The van der Waals surface area contributed by atoms with Crippen molar-refractivity contribution < 1.29 is 17.7 Å². The zero-order chi connectivity index (χ0) is 20.3. The zero-order valence-electron chi connectivity index (χ0n) is 16.2. The maximum absolute atomic E-state index is 12.7. The molecule has 0 bridgehead atoms. The van der Waals surface area contributed by atoms with Crippen LogP contribution >= 0.6 is 0 Å². The van der Waals surface area contributed by atoms with Crippen LogP contribution in [0.1, 0.15) is 36.0 Å². The van der Waals surface area contributed by atoms with Gasteiger partial charge in [0.25, 0.3) is 5.89 Å². The van der Waals surface area contributed by atoms with Crippen molar-refractivity contribution in [3.8, 4) is 5.75 Å². The van der Waals surface area contributed by atoms with Crippen LogP contribution in [0, 0.1) is 6.92 Å². The van der Waals surface area contributed by atoms with E-state index in [1.165, 1.54) is 4.31 Å². The van der Waals surface area contributed by atoms with Crippen molar-refractivity contribution in [1.82, 2.24) is 14.4 Å². The van der Waals surface area contributed by atoms with Gasteiger partial charge in [0.15, 0.2) is 12.4 Å². The molecule has 0 spiro atoms. The number of sulfonamides is 1. The van der Waals surface area contributed by atoms with Gasteiger partial charge in [-0.05, 0) is 44.0 Å². The highest BCUT2D eigenvalue weighted by atomic mass is 32.2. The molecular weight excluding hydrogens is 390 g/mol. The van der Waals surface area contributed by atoms with Crippen molar-refractivity contribution in [2.45, 2.75) is 37.2 Å². The number of ether oxygens (including phenoxy) is 1. The molecule has 1 fully saturated rings. The Hall–Kier alpha value is -2.71. The van der Waals surface area contributed by atoms with Gasteiger partial charge in [0, 0.05) is 19.0 Å². The second-order valence-corrected chi connectivity index (χ2v) is 9.08. The predicted octanol–water partition coefficient (Wildman–Crippen LogP) is 3.53. The lowest BCUT2D eigenvalue weighted by atomic mass is 9.98. The lowest BCUT2D eigenvalue weighted by Crippen LogP contribution is -2.38. The van der Waals surface area contributed by atoms with Gasteiger partial charge in [-0.25, -0.2) is 8.42 Å². The molecule has 0 atom stereocenters. The lowest BCUT2D eigenvalue weighted by Gasteiger charge is -2.29. The highest BCUT2D eigenvalue weighted by Crippen LogP contribution is 2.29. The van der Waals surface area contributed by atoms with Crippen LogP contribution in [0.5, 0.6) is 5.75 Å². The lowest BCUT2D eigenvalue weighted by molar-refractivity contribution is 0.241. The fraction of sp³-hybridized carbons (Fsp3) is 0.333. The summed E-state index contributed by atoms with van der Waals surface area (Å²) in [5, 5.41) is 4.08. The SMILES string of the molecule is Cc1ccc(OCc2nc(C3CCN(S(=O)(=O)c4ccccc4)CC3)no2)cc1. The number of hydrogen-bond donors (Lipinski definition) is 0. The molecule has 8 heteroatoms. The standard InChI is InChI=1S/C21H23N3O4S/c1-16-7-9-18(10-8-16)27-15-20-22-21(23-28-20)17-11-13-24(14-12-17)29(25,26)19-5-3-2-4-6-19/h2-10,17H,11-15H2,1H3. The molecule has 4 rings (SSSR count). The van der Waals surface area contributed by atoms with Gasteiger partial charge >= 0.3 is 0 Å². The van der Waals surface area contributed by atoms with Gasteiger partial charge in [0.05, 0.1) is 4.90 Å². The topological polar surface area (TPSA) is 85.5 Å². The van der Waals surface area contributed by atoms with Gasteiger partial charge in [-0.15, -0.1) is 0 Å². The normalized spacial score (nSPS) is 16.0. The molecule has 152 valence electrons. The van der Waals surface area contributed by atoms with Crippen LogP contribution in [0.15, 0.2) is 64.0 Å². The number of hydrogen-bond acceptors (Lipinski definition) is 6. The molecule has 1 saturated heterocycles. The van der Waals surface area contributed by atoms with E-state index in [1.807, 2.05) is 37.3 Å². The van der Waals surface area contributed by atoms with Crippen molar-refractivity contribution in [3.63, 3.8) is 0 Å². The molecule has 0 radical (unpaired) electrons. The number of benzene rings is 2. The van der Waals surface area contributed by atoms with Crippen LogP contribution in [0.3, 0.4) is 0 Å². The van der Waals surface area contributed by atoms with Gasteiger partial charge in [0.2, 0.25) is 10.0 Å². The van der Waals surface area contributed by atoms with Crippen molar-refractivity contribution in [2.24, 2.45) is 0 Å². The minimum absolute atomic E-state index is 0.0779. The van der Waals surface area contributed by atoms with Crippen LogP contribution in [-0.4, -0.2) is 36.0 Å². The monoisotopic (exact) mass is 413 g/mol. The van der Waals surface area contributed by atoms with Gasteiger partial charge in [-0.3, -0.25) is 0 Å². The summed E-state index contributed by atoms with van der Waals surface area (Å²) in [5.74, 6) is 1.85. The molecule has 0 saturated carbocycles. The summed E-state index contributed by atoms with van der Waals surface area (Å²) < 4.78 is 38.0. The molecule has 1 aliphatic heterocycles. The van der Waals surface area contributed by atoms with Crippen molar-refractivity contribution in [2.75, 3.05) is 13.1 Å². The molecule has 0 unspecified atom stereocenters. The number of aromatic nitrogens is 2. The predicted molar refractivity (Wildman–Crippen MR) is 107 cm³/mol. The van der Waals surface area contributed by atoms with Crippen LogP contribution in [-0.2, 0) is 16.6 Å². The van der Waals surface area contributed by atoms with Gasteiger partial charge in [0.1, 0.15) is 5.75 Å². The van der Waals surface area contributed by atoms with Crippen LogP contribution in [0.2, 0.25) is 0 Å². The fourth-order valence-electron chi connectivity index (χ4n) is 3.37. The van der Waals surface area contributed by atoms with E-state index in [0.29, 0.717) is 42.5 Å². The number of piperidine rings is 1. The third kappa shape index (κ3) is 4.49. The Kier molecular flexibility index (Phi) is 5.64. The molecule has 7 nitrogen and oxygen atoms in total. The van der Waals surface area contributed by atoms with E-state index in [9.17, 15) is 8.42 Å². The average molecular weight is 413 g/mol. The molecule has 0 amide bonds. The van der Waals surface area contributed by atoms with Gasteiger partial charge in [-0.2, -0.15) is 9.29 Å². The minimum Gasteiger partial charge on any atom is -0.484 e. The smallest absolute Gasteiger partial charge is 0.264 e. The van der Waals surface area contributed by atoms with E-state index in [2.05, 4.69) is 10.1 Å². The van der Waals surface area contributed by atoms with Crippen LogP contribution in [0.4, 0.5) is 0 Å². The Morgan fingerprint density at radius 2 is 1.76 bits per heavy atom. The third-order valence-electron chi connectivity index (χ3n) is 5.07. The molecule has 2 aromatic carbocycles. The van der Waals surface area contributed by atoms with E-state index in [-0.39, 0.29) is 12.5 Å². The van der Waals surface area contributed by atoms with Crippen molar-refractivity contribution in [1.29, 1.82) is 0 Å². The molecule has 3 aromatic rings. The van der Waals surface area contributed by atoms with Crippen LogP contribution < -0.4 is 4.74 Å². The first-order chi connectivity index (χ1) is 14.0. The average Bonchev–Trinajstić information content (AvgIpc) is 3.23. The van der Waals surface area contributed by atoms with Crippen molar-refractivity contribution >= 4 is 10.0 Å². The zero-order valence-corrected chi connectivity index (χ0v) is 17.0. The number of nitrogens with zero attached hydrogens (tertiary/aromatic N) is 3. The van der Waals surface area contributed by atoms with Gasteiger partial charge in [-0.1, -0.05) is 41.1 Å². The van der Waals surface area contributed by atoms with E-state index in [4.69, 9.17) is 9.26 Å². The fourth-order valence-corrected chi connectivity index (χ4v) is 4.86. The van der Waals surface area contributed by atoms with Gasteiger partial charge < -0.3 is 9.26 Å². The maximum atomic E-state index is 12.7. The molecule has 29 heavy (non-hydrogen) atoms. The highest BCUT2D eigenvalue weighted by Gasteiger charge is 2.31. The molecule has 2 heterocycles. The molecular formula is C21H23N3O4S. The summed E-state index contributed by atoms with van der Waals surface area (Å²) >= 11 is 0. The Balaban J connectivity index is 1.34. The largest absolute Gasteiger partial charge is 0.484 e. The Morgan fingerprint density at radius 1 is 1.07 bits per heavy atom. The summed E-state index contributed by atoms with van der Waals surface area (Å²) in [7, 11) is -3.46. The molecule has 1 aromatic heterocycles. The maximum Gasteiger partial charge on any atom is 0.264 e. The highest BCUT2D eigenvalue weighted by molar-refractivity contribution is 7.89. The summed E-state index contributed by atoms with van der Waals surface area (Å²) in [6.07, 6.45) is 1.31. The van der Waals surface area contributed by atoms with Crippen molar-refractivity contribution in [3.05, 3.63) is 71.9 Å². The summed E-state index contributed by atoms with van der Waals surface area (Å²) in [6, 6.07) is 16.3. The quantitative estimate of drug-likeness (QED) is 0.615. The molecule has 0 N–H and O–H groups in total. The van der Waals surface area contributed by atoms with E-state index < -0.39 is 10.0 Å². The number of rotatable bonds is 6. The molecule has 1 aliphatic rings. The minimum atomic E-state index is -3.46. The van der Waals surface area contributed by atoms with Crippen LogP contribution in [0.25, 0.3) is 0 Å². The number of aryl methyl sites for hydroxylation is 1. The second-order valence-electron chi connectivity index (χ2n) is 7.14. The summed E-state index contributed by atoms with van der Waals surface area (Å²) in [6.45, 7) is 3.10. The van der Waals surface area contributed by atoms with E-state index in [0.717, 1.165) is 11.3 Å². The summed E-state index contributed by atoms with van der Waals surface area (Å²) in [4.78, 5) is 4.77. The third-order valence-corrected chi connectivity index (χ3v) is 6.98. The van der Waals surface area contributed by atoms with E-state index in [1.54, 1.807) is 24.3 Å². The second kappa shape index (κ2) is 8.34. The first-order valence-electron chi connectivity index (χ1n) is 9.59. The first-order valence-corrected chi connectivity index (χ1v) is 11.0. The Labute approximate surface area is 170 Å². The Bertz CT molecular complexity index is 1040. The Morgan fingerprint density at radius 3 is 2.45 bits per heavy atom. The van der Waals surface area contributed by atoms with E-state index >= 15 is 0 Å². The molecule has 0 aliphatic carbocycles. The summed E-state index contributed by atoms with van der Waals surface area (Å²) in [5.41, 5.74) is 1.16. The first kappa shape index (κ1) is 19.6.